The molecule has 2 aliphatic heterocycles. The SMILES string of the molecule is Cc1cn(-c2ccc3n(c2=O)CCN(CC24CC2(C(F)(F)F)Oc2ccccc24)C3=O)cn1. The molecule has 1 amide bonds. The molecule has 4 heterocycles. The van der Waals surface area contributed by atoms with Gasteiger partial charge in [0.1, 0.15) is 17.1 Å². The van der Waals surface area contributed by atoms with E-state index in [9.17, 15) is 22.8 Å². The maximum Gasteiger partial charge on any atom is 0.429 e. The quantitative estimate of drug-likeness (QED) is 0.608. The number of amides is 1. The first-order valence-electron chi connectivity index (χ1n) is 10.6. The molecule has 2 unspecified atom stereocenters. The van der Waals surface area contributed by atoms with Crippen LogP contribution in [0.25, 0.3) is 5.69 Å². The van der Waals surface area contributed by atoms with Crippen LogP contribution in [-0.4, -0.2) is 49.8 Å². The summed E-state index contributed by atoms with van der Waals surface area (Å²) in [7, 11) is 0. The third-order valence-corrected chi connectivity index (χ3v) is 7.05. The number of carbonyl (C=O) groups excluding carboxylic acids is 1. The summed E-state index contributed by atoms with van der Waals surface area (Å²) in [6.07, 6.45) is -1.56. The fourth-order valence-corrected chi connectivity index (χ4v) is 5.35. The van der Waals surface area contributed by atoms with Crippen LogP contribution in [0.4, 0.5) is 13.2 Å². The van der Waals surface area contributed by atoms with E-state index in [1.807, 2.05) is 0 Å². The molecule has 6 rings (SSSR count). The van der Waals surface area contributed by atoms with Crippen molar-refractivity contribution < 1.29 is 22.7 Å². The van der Waals surface area contributed by atoms with Crippen LogP contribution in [0.3, 0.4) is 0 Å². The number of para-hydroxylation sites is 1. The monoisotopic (exact) mass is 456 g/mol. The van der Waals surface area contributed by atoms with Crippen molar-refractivity contribution in [3.63, 3.8) is 0 Å². The Morgan fingerprint density at radius 3 is 2.64 bits per heavy atom. The van der Waals surface area contributed by atoms with Crippen LogP contribution in [0, 0.1) is 6.92 Å². The number of nitrogens with zero attached hydrogens (tertiary/aromatic N) is 4. The maximum absolute atomic E-state index is 14.1. The minimum Gasteiger partial charge on any atom is -0.476 e. The number of carbonyl (C=O) groups is 1. The minimum absolute atomic E-state index is 0.126. The summed E-state index contributed by atoms with van der Waals surface area (Å²) in [5.74, 6) is -0.254. The number of fused-ring (bicyclic) bond motifs is 4. The molecular weight excluding hydrogens is 437 g/mol. The van der Waals surface area contributed by atoms with Gasteiger partial charge in [0.15, 0.2) is 0 Å². The van der Waals surface area contributed by atoms with Crippen LogP contribution < -0.4 is 10.3 Å². The van der Waals surface area contributed by atoms with E-state index in [1.54, 1.807) is 48.0 Å². The Hall–Kier alpha value is -3.56. The van der Waals surface area contributed by atoms with Crippen LogP contribution in [0.2, 0.25) is 0 Å². The van der Waals surface area contributed by atoms with E-state index in [4.69, 9.17) is 4.74 Å². The van der Waals surface area contributed by atoms with Crippen molar-refractivity contribution in [2.24, 2.45) is 0 Å². The van der Waals surface area contributed by atoms with Gasteiger partial charge in [0.05, 0.1) is 17.4 Å². The highest BCUT2D eigenvalue weighted by molar-refractivity contribution is 5.93. The topological polar surface area (TPSA) is 69.4 Å². The Kier molecular flexibility index (Phi) is 3.81. The first-order valence-corrected chi connectivity index (χ1v) is 10.6. The van der Waals surface area contributed by atoms with Gasteiger partial charge in [-0.1, -0.05) is 18.2 Å². The highest BCUT2D eigenvalue weighted by Gasteiger charge is 2.86. The molecule has 2 atom stereocenters. The van der Waals surface area contributed by atoms with Gasteiger partial charge in [0, 0.05) is 37.8 Å². The van der Waals surface area contributed by atoms with Crippen molar-refractivity contribution in [3.05, 3.63) is 76.2 Å². The van der Waals surface area contributed by atoms with Gasteiger partial charge >= 0.3 is 6.18 Å². The number of benzene rings is 1. The Morgan fingerprint density at radius 1 is 1.12 bits per heavy atom. The molecule has 0 saturated heterocycles. The number of halogens is 3. The number of hydrogen-bond donors (Lipinski definition) is 0. The van der Waals surface area contributed by atoms with Crippen LogP contribution in [0.15, 0.2) is 53.7 Å². The molecule has 1 aromatic carbocycles. The van der Waals surface area contributed by atoms with E-state index in [-0.39, 0.29) is 43.1 Å². The Morgan fingerprint density at radius 2 is 1.91 bits per heavy atom. The lowest BCUT2D eigenvalue weighted by Gasteiger charge is -2.33. The van der Waals surface area contributed by atoms with Crippen LogP contribution in [0.5, 0.6) is 5.75 Å². The Bertz CT molecular complexity index is 1380. The molecule has 3 aliphatic rings. The molecule has 0 bridgehead atoms. The fraction of sp³-hybridized carbons (Fsp3) is 0.348. The fourth-order valence-electron chi connectivity index (χ4n) is 5.35. The highest BCUT2D eigenvalue weighted by Crippen LogP contribution is 2.72. The number of aryl methyl sites for hydroxylation is 1. The zero-order valence-electron chi connectivity index (χ0n) is 17.6. The molecule has 0 radical (unpaired) electrons. The summed E-state index contributed by atoms with van der Waals surface area (Å²) in [6, 6.07) is 9.57. The van der Waals surface area contributed by atoms with E-state index in [1.165, 1.54) is 21.9 Å². The van der Waals surface area contributed by atoms with E-state index in [0.717, 1.165) is 5.69 Å². The number of rotatable bonds is 3. The average molecular weight is 456 g/mol. The van der Waals surface area contributed by atoms with E-state index < -0.39 is 23.1 Å². The highest BCUT2D eigenvalue weighted by atomic mass is 19.4. The molecule has 33 heavy (non-hydrogen) atoms. The zero-order valence-corrected chi connectivity index (χ0v) is 17.6. The second-order valence-electron chi connectivity index (χ2n) is 8.89. The summed E-state index contributed by atoms with van der Waals surface area (Å²) in [5.41, 5.74) is -2.26. The summed E-state index contributed by atoms with van der Waals surface area (Å²) in [6.45, 7) is 2.01. The predicted molar refractivity (Wildman–Crippen MR) is 111 cm³/mol. The van der Waals surface area contributed by atoms with Gasteiger partial charge in [-0.25, -0.2) is 4.98 Å². The van der Waals surface area contributed by atoms with Crippen molar-refractivity contribution >= 4 is 5.91 Å². The smallest absolute Gasteiger partial charge is 0.429 e. The van der Waals surface area contributed by atoms with Gasteiger partial charge in [-0.15, -0.1) is 0 Å². The first kappa shape index (κ1) is 20.1. The molecule has 1 saturated carbocycles. The second kappa shape index (κ2) is 6.27. The average Bonchev–Trinajstić information content (AvgIpc) is 3.07. The van der Waals surface area contributed by atoms with Crippen molar-refractivity contribution in [2.45, 2.75) is 37.1 Å². The zero-order chi connectivity index (χ0) is 23.2. The third-order valence-electron chi connectivity index (χ3n) is 7.05. The van der Waals surface area contributed by atoms with Crippen LogP contribution >= 0.6 is 0 Å². The van der Waals surface area contributed by atoms with Gasteiger partial charge in [-0.05, 0) is 25.1 Å². The van der Waals surface area contributed by atoms with Crippen molar-refractivity contribution in [1.82, 2.24) is 19.0 Å². The first-order chi connectivity index (χ1) is 15.7. The van der Waals surface area contributed by atoms with Crippen molar-refractivity contribution in [2.75, 3.05) is 13.1 Å². The van der Waals surface area contributed by atoms with Crippen molar-refractivity contribution in [1.29, 1.82) is 0 Å². The number of pyridine rings is 1. The molecular formula is C23H19F3N4O3. The maximum atomic E-state index is 14.1. The van der Waals surface area contributed by atoms with E-state index >= 15 is 0 Å². The Labute approximate surface area is 186 Å². The molecule has 3 aromatic rings. The lowest BCUT2D eigenvalue weighted by Crippen LogP contribution is -2.50. The van der Waals surface area contributed by atoms with Crippen molar-refractivity contribution in [3.8, 4) is 11.4 Å². The standard InChI is InChI=1S/C23H19F3N4O3/c1-14-10-29(13-27-14)16-6-7-17-19(31)28(8-9-30(17)20(16)32)12-21-11-22(21,23(24,25)26)33-18-5-3-2-4-15(18)21/h2-7,10,13H,8-9,11-12H2,1H3. The van der Waals surface area contributed by atoms with Crippen LogP contribution in [0.1, 0.15) is 28.2 Å². The lowest BCUT2D eigenvalue weighted by molar-refractivity contribution is -0.211. The largest absolute Gasteiger partial charge is 0.476 e. The molecule has 7 nitrogen and oxygen atoms in total. The van der Waals surface area contributed by atoms with Gasteiger partial charge in [0.25, 0.3) is 11.5 Å². The van der Waals surface area contributed by atoms with Crippen LogP contribution in [-0.2, 0) is 12.0 Å². The second-order valence-corrected chi connectivity index (χ2v) is 8.89. The molecule has 10 heteroatoms. The predicted octanol–water partition coefficient (Wildman–Crippen LogP) is 2.83. The number of hydrogen-bond acceptors (Lipinski definition) is 4. The van der Waals surface area contributed by atoms with E-state index in [2.05, 4.69) is 4.98 Å². The molecule has 2 aromatic heterocycles. The van der Waals surface area contributed by atoms with Gasteiger partial charge in [-0.2, -0.15) is 13.2 Å². The molecule has 0 N–H and O–H groups in total. The molecule has 1 aliphatic carbocycles. The number of aromatic nitrogens is 3. The summed E-state index contributed by atoms with van der Waals surface area (Å²) >= 11 is 0. The Balaban J connectivity index is 1.35. The summed E-state index contributed by atoms with van der Waals surface area (Å²) in [5, 5.41) is 0. The molecule has 1 fully saturated rings. The molecule has 0 spiro atoms. The van der Waals surface area contributed by atoms with E-state index in [0.29, 0.717) is 11.3 Å². The normalized spacial score (nSPS) is 25.3. The summed E-state index contributed by atoms with van der Waals surface area (Å²) < 4.78 is 50.6. The lowest BCUT2D eigenvalue weighted by atomic mass is 9.91. The number of imidazole rings is 1. The molecule has 170 valence electrons. The van der Waals surface area contributed by atoms with Gasteiger partial charge in [0.2, 0.25) is 5.60 Å². The third kappa shape index (κ3) is 2.54. The number of alkyl halides is 3. The number of ether oxygens (including phenoxy) is 1. The minimum atomic E-state index is -4.57. The van der Waals surface area contributed by atoms with Gasteiger partial charge < -0.3 is 18.8 Å². The summed E-state index contributed by atoms with van der Waals surface area (Å²) in [4.78, 5) is 31.8. The van der Waals surface area contributed by atoms with Gasteiger partial charge in [-0.3, -0.25) is 9.59 Å².